The van der Waals surface area contributed by atoms with Crippen LogP contribution in [0.1, 0.15) is 32.4 Å². The summed E-state index contributed by atoms with van der Waals surface area (Å²) in [5, 5.41) is 3.26. The SMILES string of the molecule is CC(C)(C)OC(=O)Nc1cc(Cl)ccc1[C@H]1CO1. The number of hydrogen-bond acceptors (Lipinski definition) is 3. The predicted octanol–water partition coefficient (Wildman–Crippen LogP) is 3.76. The van der Waals surface area contributed by atoms with Crippen molar-refractivity contribution in [2.24, 2.45) is 0 Å². The average molecular weight is 270 g/mol. The second-order valence-electron chi connectivity index (χ2n) is 5.18. The smallest absolute Gasteiger partial charge is 0.412 e. The van der Waals surface area contributed by atoms with Crippen LogP contribution >= 0.6 is 11.6 Å². The quantitative estimate of drug-likeness (QED) is 0.832. The van der Waals surface area contributed by atoms with Crippen LogP contribution in [0.5, 0.6) is 0 Å². The average Bonchev–Trinajstić information content (AvgIpc) is 2.98. The van der Waals surface area contributed by atoms with Gasteiger partial charge in [0.15, 0.2) is 0 Å². The topological polar surface area (TPSA) is 50.9 Å². The summed E-state index contributed by atoms with van der Waals surface area (Å²) in [6, 6.07) is 5.33. The normalized spacial score (nSPS) is 18.3. The predicted molar refractivity (Wildman–Crippen MR) is 70.0 cm³/mol. The molecule has 0 unspecified atom stereocenters. The Labute approximate surface area is 111 Å². The van der Waals surface area contributed by atoms with Crippen LogP contribution in [0, 0.1) is 0 Å². The van der Waals surface area contributed by atoms with Crippen LogP contribution in [-0.4, -0.2) is 18.3 Å². The molecule has 2 rings (SSSR count). The molecule has 1 aromatic rings. The van der Waals surface area contributed by atoms with Crippen LogP contribution in [0.2, 0.25) is 5.02 Å². The van der Waals surface area contributed by atoms with Gasteiger partial charge in [0.05, 0.1) is 12.3 Å². The van der Waals surface area contributed by atoms with Gasteiger partial charge in [-0.1, -0.05) is 17.7 Å². The van der Waals surface area contributed by atoms with E-state index in [9.17, 15) is 4.79 Å². The van der Waals surface area contributed by atoms with E-state index < -0.39 is 11.7 Å². The van der Waals surface area contributed by atoms with Gasteiger partial charge in [-0.3, -0.25) is 5.32 Å². The Kier molecular flexibility index (Phi) is 3.50. The molecule has 1 aromatic carbocycles. The number of epoxide rings is 1. The first kappa shape index (κ1) is 13.2. The highest BCUT2D eigenvalue weighted by Gasteiger charge is 2.28. The van der Waals surface area contributed by atoms with Crippen LogP contribution in [0.3, 0.4) is 0 Å². The highest BCUT2D eigenvalue weighted by atomic mass is 35.5. The second kappa shape index (κ2) is 4.78. The number of halogens is 1. The highest BCUT2D eigenvalue weighted by molar-refractivity contribution is 6.31. The first-order chi connectivity index (χ1) is 8.35. The fourth-order valence-corrected chi connectivity index (χ4v) is 1.73. The lowest BCUT2D eigenvalue weighted by Gasteiger charge is -2.20. The molecule has 1 heterocycles. The van der Waals surface area contributed by atoms with E-state index in [1.807, 2.05) is 26.8 Å². The zero-order valence-corrected chi connectivity index (χ0v) is 11.4. The Morgan fingerprint density at radius 1 is 1.50 bits per heavy atom. The van der Waals surface area contributed by atoms with Crippen molar-refractivity contribution in [1.29, 1.82) is 0 Å². The van der Waals surface area contributed by atoms with Gasteiger partial charge in [0.2, 0.25) is 0 Å². The molecule has 0 radical (unpaired) electrons. The van der Waals surface area contributed by atoms with Crippen molar-refractivity contribution in [2.45, 2.75) is 32.5 Å². The van der Waals surface area contributed by atoms with Crippen LogP contribution < -0.4 is 5.32 Å². The molecule has 1 atom stereocenters. The van der Waals surface area contributed by atoms with Crippen molar-refractivity contribution in [2.75, 3.05) is 11.9 Å². The van der Waals surface area contributed by atoms with Crippen LogP contribution in [-0.2, 0) is 9.47 Å². The van der Waals surface area contributed by atoms with E-state index in [4.69, 9.17) is 21.1 Å². The summed E-state index contributed by atoms with van der Waals surface area (Å²) in [7, 11) is 0. The number of benzene rings is 1. The number of nitrogens with one attached hydrogen (secondary N) is 1. The molecule has 18 heavy (non-hydrogen) atoms. The van der Waals surface area contributed by atoms with Gasteiger partial charge in [0, 0.05) is 10.6 Å². The molecular weight excluding hydrogens is 254 g/mol. The third-order valence-electron chi connectivity index (χ3n) is 2.33. The first-order valence-corrected chi connectivity index (χ1v) is 6.14. The highest BCUT2D eigenvalue weighted by Crippen LogP contribution is 2.36. The molecule has 4 nitrogen and oxygen atoms in total. The van der Waals surface area contributed by atoms with E-state index in [1.54, 1.807) is 12.1 Å². The molecule has 98 valence electrons. The molecule has 0 spiro atoms. The maximum Gasteiger partial charge on any atom is 0.412 e. The van der Waals surface area contributed by atoms with Crippen LogP contribution in [0.15, 0.2) is 18.2 Å². The van der Waals surface area contributed by atoms with Gasteiger partial charge in [0.25, 0.3) is 0 Å². The Balaban J connectivity index is 2.12. The van der Waals surface area contributed by atoms with Gasteiger partial charge >= 0.3 is 6.09 Å². The molecule has 1 aliphatic rings. The first-order valence-electron chi connectivity index (χ1n) is 5.76. The second-order valence-corrected chi connectivity index (χ2v) is 5.62. The monoisotopic (exact) mass is 269 g/mol. The summed E-state index contributed by atoms with van der Waals surface area (Å²) in [4.78, 5) is 11.7. The number of ether oxygens (including phenoxy) is 2. The van der Waals surface area contributed by atoms with Gasteiger partial charge in [0.1, 0.15) is 11.7 Å². The van der Waals surface area contributed by atoms with Crippen molar-refractivity contribution < 1.29 is 14.3 Å². The lowest BCUT2D eigenvalue weighted by atomic mass is 10.1. The summed E-state index contributed by atoms with van der Waals surface area (Å²) in [5.74, 6) is 0. The molecule has 0 saturated carbocycles. The molecule has 1 aliphatic heterocycles. The van der Waals surface area contributed by atoms with Crippen LogP contribution in [0.25, 0.3) is 0 Å². The molecule has 5 heteroatoms. The maximum absolute atomic E-state index is 11.7. The van der Waals surface area contributed by atoms with Crippen LogP contribution in [0.4, 0.5) is 10.5 Å². The van der Waals surface area contributed by atoms with E-state index in [1.165, 1.54) is 0 Å². The molecule has 0 bridgehead atoms. The van der Waals surface area contributed by atoms with Gasteiger partial charge in [-0.2, -0.15) is 0 Å². The summed E-state index contributed by atoms with van der Waals surface area (Å²) in [6.45, 7) is 6.12. The minimum Gasteiger partial charge on any atom is -0.444 e. The number of carbonyl (C=O) groups is 1. The molecular formula is C13H16ClNO3. The molecule has 1 N–H and O–H groups in total. The van der Waals surface area contributed by atoms with Crippen molar-refractivity contribution in [3.63, 3.8) is 0 Å². The fraction of sp³-hybridized carbons (Fsp3) is 0.462. The van der Waals surface area contributed by atoms with Crippen molar-refractivity contribution >= 4 is 23.4 Å². The largest absolute Gasteiger partial charge is 0.444 e. The summed E-state index contributed by atoms with van der Waals surface area (Å²) >= 11 is 5.93. The number of hydrogen-bond donors (Lipinski definition) is 1. The molecule has 0 aliphatic carbocycles. The van der Waals surface area contributed by atoms with E-state index >= 15 is 0 Å². The lowest BCUT2D eigenvalue weighted by Crippen LogP contribution is -2.27. The zero-order chi connectivity index (χ0) is 13.3. The molecule has 1 saturated heterocycles. The van der Waals surface area contributed by atoms with E-state index in [-0.39, 0.29) is 6.10 Å². The maximum atomic E-state index is 11.7. The minimum absolute atomic E-state index is 0.0483. The Morgan fingerprint density at radius 2 is 2.17 bits per heavy atom. The Morgan fingerprint density at radius 3 is 2.72 bits per heavy atom. The van der Waals surface area contributed by atoms with Gasteiger partial charge in [-0.25, -0.2) is 4.79 Å². The van der Waals surface area contributed by atoms with Gasteiger partial charge in [-0.15, -0.1) is 0 Å². The molecule has 1 amide bonds. The molecule has 1 fully saturated rings. The van der Waals surface area contributed by atoms with E-state index in [0.717, 1.165) is 5.56 Å². The lowest BCUT2D eigenvalue weighted by molar-refractivity contribution is 0.0636. The number of rotatable bonds is 2. The third kappa shape index (κ3) is 3.62. The zero-order valence-electron chi connectivity index (χ0n) is 10.6. The molecule has 0 aromatic heterocycles. The summed E-state index contributed by atoms with van der Waals surface area (Å²) in [6.07, 6.45) is -0.445. The van der Waals surface area contributed by atoms with Crippen molar-refractivity contribution in [1.82, 2.24) is 0 Å². The van der Waals surface area contributed by atoms with E-state index in [2.05, 4.69) is 5.32 Å². The van der Waals surface area contributed by atoms with Gasteiger partial charge in [-0.05, 0) is 32.9 Å². The minimum atomic E-state index is -0.529. The van der Waals surface area contributed by atoms with Crippen molar-refractivity contribution in [3.8, 4) is 0 Å². The van der Waals surface area contributed by atoms with E-state index in [0.29, 0.717) is 17.3 Å². The fourth-order valence-electron chi connectivity index (χ4n) is 1.56. The Hall–Kier alpha value is -1.26. The standard InChI is InChI=1S/C13H16ClNO3/c1-13(2,3)18-12(16)15-10-6-8(14)4-5-9(10)11-7-17-11/h4-6,11H,7H2,1-3H3,(H,15,16)/t11-/m1/s1. The van der Waals surface area contributed by atoms with Crippen molar-refractivity contribution in [3.05, 3.63) is 28.8 Å². The third-order valence-corrected chi connectivity index (χ3v) is 2.57. The number of anilines is 1. The summed E-state index contributed by atoms with van der Waals surface area (Å²) in [5.41, 5.74) is 1.03. The Bertz CT molecular complexity index is 464. The van der Waals surface area contributed by atoms with Gasteiger partial charge < -0.3 is 9.47 Å². The summed E-state index contributed by atoms with van der Waals surface area (Å²) < 4.78 is 10.4. The number of amides is 1. The number of carbonyl (C=O) groups excluding carboxylic acids is 1.